The highest BCUT2D eigenvalue weighted by atomic mass is 35.5. The zero-order chi connectivity index (χ0) is 24.3. The normalized spacial score (nSPS) is 20.8. The predicted molar refractivity (Wildman–Crippen MR) is 125 cm³/mol. The predicted octanol–water partition coefficient (Wildman–Crippen LogP) is 3.65. The summed E-state index contributed by atoms with van der Waals surface area (Å²) in [4.78, 5) is 27.2. The summed E-state index contributed by atoms with van der Waals surface area (Å²) in [6, 6.07) is 16.4. The van der Waals surface area contributed by atoms with Crippen LogP contribution >= 0.6 is 11.6 Å². The number of amides is 2. The van der Waals surface area contributed by atoms with Crippen molar-refractivity contribution in [2.75, 3.05) is 22.7 Å². The zero-order valence-corrected chi connectivity index (χ0v) is 19.4. The van der Waals surface area contributed by atoms with Gasteiger partial charge in [0.15, 0.2) is 9.84 Å². The molecular weight excluding hydrogens is 483 g/mol. The van der Waals surface area contributed by atoms with Crippen molar-refractivity contribution in [2.45, 2.75) is 11.4 Å². The Kier molecular flexibility index (Phi) is 5.14. The van der Waals surface area contributed by atoms with E-state index in [9.17, 15) is 22.4 Å². The summed E-state index contributed by atoms with van der Waals surface area (Å²) >= 11 is 6.27. The molecule has 0 radical (unpaired) electrons. The molecule has 1 atom stereocenters. The van der Waals surface area contributed by atoms with E-state index in [1.807, 2.05) is 0 Å². The maximum Gasteiger partial charge on any atom is 0.274 e. The monoisotopic (exact) mass is 500 g/mol. The Labute approximate surface area is 200 Å². The molecule has 3 aromatic rings. The number of anilines is 2. The first kappa shape index (κ1) is 22.4. The van der Waals surface area contributed by atoms with Crippen LogP contribution in [0.4, 0.5) is 15.8 Å². The minimum absolute atomic E-state index is 0.00119. The van der Waals surface area contributed by atoms with Crippen LogP contribution < -0.4 is 14.5 Å². The number of hydrogen-bond donors (Lipinski definition) is 0. The quantitative estimate of drug-likeness (QED) is 0.546. The van der Waals surface area contributed by atoms with Crippen LogP contribution in [0.5, 0.6) is 5.75 Å². The molecule has 0 bridgehead atoms. The summed E-state index contributed by atoms with van der Waals surface area (Å²) in [6.45, 7) is -0.00119. The van der Waals surface area contributed by atoms with E-state index in [0.717, 1.165) is 4.90 Å². The molecule has 0 N–H and O–H groups in total. The molecule has 7 nitrogen and oxygen atoms in total. The lowest BCUT2D eigenvalue weighted by Gasteiger charge is -2.32. The van der Waals surface area contributed by atoms with Gasteiger partial charge >= 0.3 is 0 Å². The summed E-state index contributed by atoms with van der Waals surface area (Å²) < 4.78 is 45.7. The number of rotatable bonds is 4. The Morgan fingerprint density at radius 2 is 1.76 bits per heavy atom. The van der Waals surface area contributed by atoms with Gasteiger partial charge in [-0.3, -0.25) is 14.5 Å². The second-order valence-electron chi connectivity index (χ2n) is 7.99. The Hall–Kier alpha value is -3.43. The first-order valence-electron chi connectivity index (χ1n) is 10.3. The number of carbonyl (C=O) groups is 2. The van der Waals surface area contributed by atoms with E-state index in [-0.39, 0.29) is 22.8 Å². The fourth-order valence-electron chi connectivity index (χ4n) is 4.62. The summed E-state index contributed by atoms with van der Waals surface area (Å²) in [5.74, 6) is -2.45. The van der Waals surface area contributed by atoms with Gasteiger partial charge in [-0.25, -0.2) is 12.8 Å². The van der Waals surface area contributed by atoms with Crippen LogP contribution in [0.1, 0.15) is 11.1 Å². The van der Waals surface area contributed by atoms with E-state index in [2.05, 4.69) is 0 Å². The summed E-state index contributed by atoms with van der Waals surface area (Å²) in [6.07, 6.45) is 0. The number of carbonyl (C=O) groups excluding carboxylic acids is 2. The van der Waals surface area contributed by atoms with Crippen LogP contribution in [0.2, 0.25) is 5.02 Å². The lowest BCUT2D eigenvalue weighted by Crippen LogP contribution is -2.54. The van der Waals surface area contributed by atoms with E-state index < -0.39 is 38.1 Å². The number of ether oxygens (including phenoxy) is 1. The Morgan fingerprint density at radius 1 is 1.06 bits per heavy atom. The Morgan fingerprint density at radius 3 is 2.44 bits per heavy atom. The molecule has 2 aliphatic rings. The average molecular weight is 501 g/mol. The van der Waals surface area contributed by atoms with Gasteiger partial charge in [0, 0.05) is 11.3 Å². The third-order valence-electron chi connectivity index (χ3n) is 6.07. The smallest absolute Gasteiger partial charge is 0.274 e. The van der Waals surface area contributed by atoms with Gasteiger partial charge in [-0.05, 0) is 42.0 Å². The second kappa shape index (κ2) is 7.82. The highest BCUT2D eigenvalue weighted by Gasteiger charge is 2.69. The number of methoxy groups -OCH3 is 1. The van der Waals surface area contributed by atoms with Crippen LogP contribution in [0.15, 0.2) is 66.7 Å². The topological polar surface area (TPSA) is 84.0 Å². The molecule has 3 aromatic carbocycles. The van der Waals surface area contributed by atoms with Crippen molar-refractivity contribution < 1.29 is 27.1 Å². The molecule has 0 aromatic heterocycles. The summed E-state index contributed by atoms with van der Waals surface area (Å²) in [5, 5.41) is 0.161. The lowest BCUT2D eigenvalue weighted by molar-refractivity contribution is -0.123. The van der Waals surface area contributed by atoms with Crippen molar-refractivity contribution in [3.05, 3.63) is 88.7 Å². The molecule has 2 aliphatic heterocycles. The standard InChI is InChI=1S/C24H18ClFN2O5S/c1-33-21-11-10-17(12-19(21)25)28-22(29)14-34(31,32)24(28)18-4-2-3-5-20(18)27(23(24)30)13-15-6-8-16(26)9-7-15/h2-12H,13-14H2,1H3/t24-/m0/s1. The fourth-order valence-corrected chi connectivity index (χ4v) is 6.90. The lowest BCUT2D eigenvalue weighted by atomic mass is 10.0. The van der Waals surface area contributed by atoms with Crippen LogP contribution in [0.25, 0.3) is 0 Å². The highest BCUT2D eigenvalue weighted by Crippen LogP contribution is 2.53. The third-order valence-corrected chi connectivity index (χ3v) is 8.47. The molecule has 10 heteroatoms. The fraction of sp³-hybridized carbons (Fsp3) is 0.167. The van der Waals surface area contributed by atoms with Gasteiger partial charge in [0.2, 0.25) is 5.91 Å². The molecule has 5 rings (SSSR count). The maximum absolute atomic E-state index is 14.0. The molecular formula is C24H18ClFN2O5S. The van der Waals surface area contributed by atoms with Crippen LogP contribution in [0, 0.1) is 5.82 Å². The third kappa shape index (κ3) is 3.04. The molecule has 1 saturated heterocycles. The summed E-state index contributed by atoms with van der Waals surface area (Å²) in [7, 11) is -2.88. The van der Waals surface area contributed by atoms with Gasteiger partial charge in [-0.15, -0.1) is 0 Å². The van der Waals surface area contributed by atoms with Gasteiger partial charge in [0.1, 0.15) is 17.3 Å². The van der Waals surface area contributed by atoms with Gasteiger partial charge in [-0.2, -0.15) is 0 Å². The molecule has 1 fully saturated rings. The molecule has 2 heterocycles. The average Bonchev–Trinajstić information content (AvgIpc) is 3.18. The summed E-state index contributed by atoms with van der Waals surface area (Å²) in [5.41, 5.74) is 1.30. The molecule has 2 amide bonds. The molecule has 0 aliphatic carbocycles. The molecule has 0 saturated carbocycles. The minimum atomic E-state index is -4.31. The van der Waals surface area contributed by atoms with Crippen molar-refractivity contribution >= 4 is 44.6 Å². The van der Waals surface area contributed by atoms with Crippen LogP contribution in [0.3, 0.4) is 0 Å². The van der Waals surface area contributed by atoms with Crippen molar-refractivity contribution in [3.63, 3.8) is 0 Å². The van der Waals surface area contributed by atoms with E-state index in [1.54, 1.807) is 18.2 Å². The van der Waals surface area contributed by atoms with Gasteiger partial charge in [0.25, 0.3) is 10.8 Å². The SMILES string of the molecule is COc1ccc(N2C(=O)CS(=O)(=O)[C@@]23C(=O)N(Cc2ccc(F)cc2)c2ccccc23)cc1Cl. The molecule has 174 valence electrons. The van der Waals surface area contributed by atoms with Crippen molar-refractivity contribution in [1.29, 1.82) is 0 Å². The number of halogens is 2. The Bertz CT molecular complexity index is 1440. The zero-order valence-electron chi connectivity index (χ0n) is 17.9. The maximum atomic E-state index is 14.0. The second-order valence-corrected chi connectivity index (χ2v) is 10.5. The number of hydrogen-bond acceptors (Lipinski definition) is 5. The van der Waals surface area contributed by atoms with E-state index in [4.69, 9.17) is 16.3 Å². The van der Waals surface area contributed by atoms with E-state index in [0.29, 0.717) is 17.0 Å². The van der Waals surface area contributed by atoms with E-state index in [1.165, 1.54) is 60.5 Å². The van der Waals surface area contributed by atoms with Crippen molar-refractivity contribution in [2.24, 2.45) is 0 Å². The van der Waals surface area contributed by atoms with Crippen molar-refractivity contribution in [1.82, 2.24) is 0 Å². The Balaban J connectivity index is 1.72. The number of benzene rings is 3. The highest BCUT2D eigenvalue weighted by molar-refractivity contribution is 7.94. The molecule has 34 heavy (non-hydrogen) atoms. The minimum Gasteiger partial charge on any atom is -0.495 e. The van der Waals surface area contributed by atoms with Gasteiger partial charge in [0.05, 0.1) is 24.4 Å². The molecule has 0 unspecified atom stereocenters. The number of fused-ring (bicyclic) bond motifs is 2. The van der Waals surface area contributed by atoms with Crippen molar-refractivity contribution in [3.8, 4) is 5.75 Å². The first-order valence-corrected chi connectivity index (χ1v) is 12.3. The first-order chi connectivity index (χ1) is 16.2. The number of sulfone groups is 1. The van der Waals surface area contributed by atoms with Crippen LogP contribution in [-0.2, 0) is 30.8 Å². The number of nitrogens with zero attached hydrogens (tertiary/aromatic N) is 2. The van der Waals surface area contributed by atoms with Crippen LogP contribution in [-0.4, -0.2) is 33.1 Å². The number of para-hydroxylation sites is 1. The van der Waals surface area contributed by atoms with Gasteiger partial charge in [-0.1, -0.05) is 41.9 Å². The largest absolute Gasteiger partial charge is 0.495 e. The van der Waals surface area contributed by atoms with Gasteiger partial charge < -0.3 is 9.64 Å². The molecule has 1 spiro atoms. The van der Waals surface area contributed by atoms with E-state index >= 15 is 0 Å².